The summed E-state index contributed by atoms with van der Waals surface area (Å²) >= 11 is 0. The molecule has 0 aliphatic heterocycles. The summed E-state index contributed by atoms with van der Waals surface area (Å²) in [6, 6.07) is 4.66. The predicted octanol–water partition coefficient (Wildman–Crippen LogP) is 4.15. The van der Waals surface area contributed by atoms with Gasteiger partial charge < -0.3 is 10.4 Å². The molecule has 116 valence electrons. The Labute approximate surface area is 121 Å². The summed E-state index contributed by atoms with van der Waals surface area (Å²) in [7, 11) is 0. The molecular formula is C15H18F3NO2. The van der Waals surface area contributed by atoms with Gasteiger partial charge in [-0.3, -0.25) is 4.79 Å². The number of alkyl halides is 3. The summed E-state index contributed by atoms with van der Waals surface area (Å²) in [4.78, 5) is 11.5. The highest BCUT2D eigenvalue weighted by molar-refractivity contribution is 5.75. The van der Waals surface area contributed by atoms with Gasteiger partial charge in [0.2, 0.25) is 0 Å². The van der Waals surface area contributed by atoms with Crippen LogP contribution in [0.4, 0.5) is 18.9 Å². The fraction of sp³-hybridized carbons (Fsp3) is 0.533. The molecule has 1 aromatic rings. The number of hydrogen-bond acceptors (Lipinski definition) is 2. The summed E-state index contributed by atoms with van der Waals surface area (Å²) in [5.41, 5.74) is -1.01. The second-order valence-electron chi connectivity index (χ2n) is 5.57. The highest BCUT2D eigenvalue weighted by Crippen LogP contribution is 2.37. The first-order chi connectivity index (χ1) is 9.83. The van der Waals surface area contributed by atoms with Gasteiger partial charge in [0.25, 0.3) is 0 Å². The SMILES string of the molecule is O=C(O)C1(CNc2ccc(C(F)(F)F)cc2)CCCCC1. The van der Waals surface area contributed by atoms with Gasteiger partial charge in [-0.15, -0.1) is 0 Å². The number of rotatable bonds is 4. The Morgan fingerprint density at radius 3 is 2.19 bits per heavy atom. The first kappa shape index (κ1) is 15.7. The molecule has 0 atom stereocenters. The molecule has 0 unspecified atom stereocenters. The van der Waals surface area contributed by atoms with Crippen LogP contribution in [0.3, 0.4) is 0 Å². The van der Waals surface area contributed by atoms with Gasteiger partial charge in [-0.2, -0.15) is 13.2 Å². The van der Waals surface area contributed by atoms with Crippen molar-refractivity contribution in [3.05, 3.63) is 29.8 Å². The molecule has 0 spiro atoms. The van der Waals surface area contributed by atoms with E-state index < -0.39 is 23.1 Å². The molecule has 0 radical (unpaired) electrons. The minimum atomic E-state index is -4.36. The molecule has 2 rings (SSSR count). The maximum absolute atomic E-state index is 12.5. The van der Waals surface area contributed by atoms with E-state index in [0.29, 0.717) is 18.5 Å². The van der Waals surface area contributed by atoms with Gasteiger partial charge in [-0.25, -0.2) is 0 Å². The average Bonchev–Trinajstić information content (AvgIpc) is 2.45. The third kappa shape index (κ3) is 3.68. The lowest BCUT2D eigenvalue weighted by atomic mass is 9.74. The number of carboxylic acid groups (broad SMARTS) is 1. The van der Waals surface area contributed by atoms with Crippen molar-refractivity contribution in [3.8, 4) is 0 Å². The van der Waals surface area contributed by atoms with Crippen molar-refractivity contribution >= 4 is 11.7 Å². The summed E-state index contributed by atoms with van der Waals surface area (Å²) in [5, 5.41) is 12.4. The van der Waals surface area contributed by atoms with Crippen LogP contribution in [0.15, 0.2) is 24.3 Å². The minimum Gasteiger partial charge on any atom is -0.481 e. The van der Waals surface area contributed by atoms with E-state index in [-0.39, 0.29) is 6.54 Å². The maximum Gasteiger partial charge on any atom is 0.416 e. The predicted molar refractivity (Wildman–Crippen MR) is 73.1 cm³/mol. The first-order valence-corrected chi connectivity index (χ1v) is 6.98. The quantitative estimate of drug-likeness (QED) is 0.878. The highest BCUT2D eigenvalue weighted by atomic mass is 19.4. The van der Waals surface area contributed by atoms with Gasteiger partial charge in [0.15, 0.2) is 0 Å². The monoisotopic (exact) mass is 301 g/mol. The zero-order valence-corrected chi connectivity index (χ0v) is 11.5. The van der Waals surface area contributed by atoms with E-state index in [1.165, 1.54) is 12.1 Å². The number of hydrogen-bond donors (Lipinski definition) is 2. The Kier molecular flexibility index (Phi) is 4.44. The Bertz CT molecular complexity index is 491. The van der Waals surface area contributed by atoms with Crippen molar-refractivity contribution in [2.45, 2.75) is 38.3 Å². The lowest BCUT2D eigenvalue weighted by Crippen LogP contribution is -2.39. The van der Waals surface area contributed by atoms with Crippen molar-refractivity contribution in [1.29, 1.82) is 0 Å². The van der Waals surface area contributed by atoms with Gasteiger partial charge in [0.1, 0.15) is 0 Å². The van der Waals surface area contributed by atoms with Crippen molar-refractivity contribution in [2.75, 3.05) is 11.9 Å². The third-order valence-corrected chi connectivity index (χ3v) is 4.11. The van der Waals surface area contributed by atoms with Crippen molar-refractivity contribution in [1.82, 2.24) is 0 Å². The molecule has 0 aromatic heterocycles. The number of halogens is 3. The van der Waals surface area contributed by atoms with Crippen LogP contribution in [0.1, 0.15) is 37.7 Å². The van der Waals surface area contributed by atoms with Crippen molar-refractivity contribution in [2.24, 2.45) is 5.41 Å². The van der Waals surface area contributed by atoms with Crippen LogP contribution in [-0.2, 0) is 11.0 Å². The summed E-state index contributed by atoms with van der Waals surface area (Å²) in [6.45, 7) is 0.244. The number of nitrogens with one attached hydrogen (secondary N) is 1. The average molecular weight is 301 g/mol. The normalized spacial score (nSPS) is 18.2. The molecule has 0 bridgehead atoms. The maximum atomic E-state index is 12.5. The molecule has 2 N–H and O–H groups in total. The zero-order chi connectivity index (χ0) is 15.5. The van der Waals surface area contributed by atoms with E-state index in [1.807, 2.05) is 0 Å². The molecule has 3 nitrogen and oxygen atoms in total. The molecule has 21 heavy (non-hydrogen) atoms. The molecule has 1 fully saturated rings. The Morgan fingerprint density at radius 1 is 1.14 bits per heavy atom. The van der Waals surface area contributed by atoms with Crippen LogP contribution in [0.25, 0.3) is 0 Å². The zero-order valence-electron chi connectivity index (χ0n) is 11.5. The summed E-state index contributed by atoms with van der Waals surface area (Å²) in [6.07, 6.45) is -0.354. The molecule has 1 aliphatic rings. The van der Waals surface area contributed by atoms with Crippen LogP contribution in [0.2, 0.25) is 0 Å². The van der Waals surface area contributed by atoms with Gasteiger partial charge >= 0.3 is 12.1 Å². The van der Waals surface area contributed by atoms with E-state index in [1.54, 1.807) is 0 Å². The number of carbonyl (C=O) groups is 1. The summed E-state index contributed by atoms with van der Waals surface area (Å²) in [5.74, 6) is -0.832. The highest BCUT2D eigenvalue weighted by Gasteiger charge is 2.39. The first-order valence-electron chi connectivity index (χ1n) is 6.98. The fourth-order valence-corrected chi connectivity index (χ4v) is 2.74. The van der Waals surface area contributed by atoms with Gasteiger partial charge in [0, 0.05) is 12.2 Å². The van der Waals surface area contributed by atoms with Gasteiger partial charge in [-0.05, 0) is 37.1 Å². The van der Waals surface area contributed by atoms with Crippen LogP contribution < -0.4 is 5.32 Å². The van der Waals surface area contributed by atoms with Gasteiger partial charge in [-0.1, -0.05) is 19.3 Å². The van der Waals surface area contributed by atoms with Crippen LogP contribution in [0.5, 0.6) is 0 Å². The van der Waals surface area contributed by atoms with E-state index in [0.717, 1.165) is 31.4 Å². The fourth-order valence-electron chi connectivity index (χ4n) is 2.74. The second-order valence-corrected chi connectivity index (χ2v) is 5.57. The lowest BCUT2D eigenvalue weighted by molar-refractivity contribution is -0.150. The van der Waals surface area contributed by atoms with Crippen LogP contribution in [-0.4, -0.2) is 17.6 Å². The Morgan fingerprint density at radius 2 is 1.71 bits per heavy atom. The standard InChI is InChI=1S/C15H18F3NO2/c16-15(17,18)11-4-6-12(7-5-11)19-10-14(13(20)21)8-2-1-3-9-14/h4-7,19H,1-3,8-10H2,(H,20,21). The number of benzene rings is 1. The van der Waals surface area contributed by atoms with E-state index in [4.69, 9.17) is 0 Å². The molecular weight excluding hydrogens is 283 g/mol. The molecule has 0 heterocycles. The van der Waals surface area contributed by atoms with Crippen molar-refractivity contribution < 1.29 is 23.1 Å². The number of carboxylic acids is 1. The molecule has 0 amide bonds. The summed E-state index contributed by atoms with van der Waals surface area (Å²) < 4.78 is 37.4. The minimum absolute atomic E-state index is 0.244. The van der Waals surface area contributed by atoms with E-state index >= 15 is 0 Å². The molecule has 1 aliphatic carbocycles. The van der Waals surface area contributed by atoms with Crippen molar-refractivity contribution in [3.63, 3.8) is 0 Å². The topological polar surface area (TPSA) is 49.3 Å². The number of aliphatic carboxylic acids is 1. The Hall–Kier alpha value is -1.72. The smallest absolute Gasteiger partial charge is 0.416 e. The molecule has 0 saturated heterocycles. The molecule has 1 aromatic carbocycles. The second kappa shape index (κ2) is 5.95. The largest absolute Gasteiger partial charge is 0.481 e. The van der Waals surface area contributed by atoms with E-state index in [9.17, 15) is 23.1 Å². The lowest BCUT2D eigenvalue weighted by Gasteiger charge is -2.33. The third-order valence-electron chi connectivity index (χ3n) is 4.11. The Balaban J connectivity index is 2.03. The molecule has 6 heteroatoms. The molecule has 1 saturated carbocycles. The van der Waals surface area contributed by atoms with E-state index in [2.05, 4.69) is 5.32 Å². The number of anilines is 1. The van der Waals surface area contributed by atoms with Crippen LogP contribution >= 0.6 is 0 Å². The van der Waals surface area contributed by atoms with Gasteiger partial charge in [0.05, 0.1) is 11.0 Å². The van der Waals surface area contributed by atoms with Crippen LogP contribution in [0, 0.1) is 5.41 Å².